The number of nitro groups is 1. The van der Waals surface area contributed by atoms with E-state index in [4.69, 9.17) is 0 Å². The van der Waals surface area contributed by atoms with Crippen molar-refractivity contribution in [1.29, 1.82) is 0 Å². The molecule has 0 bridgehead atoms. The highest BCUT2D eigenvalue weighted by Crippen LogP contribution is 2.29. The highest BCUT2D eigenvalue weighted by Gasteiger charge is 2.32. The molecule has 0 atom stereocenters. The predicted molar refractivity (Wildman–Crippen MR) is 137 cm³/mol. The second kappa shape index (κ2) is 12.4. The summed E-state index contributed by atoms with van der Waals surface area (Å²) in [6.45, 7) is 0.334. The molecule has 1 amide bonds. The summed E-state index contributed by atoms with van der Waals surface area (Å²) in [6.07, 6.45) is -0.610. The third-order valence-corrected chi connectivity index (χ3v) is 6.38. The van der Waals surface area contributed by atoms with Gasteiger partial charge in [-0.1, -0.05) is 36.4 Å². The number of anilines is 2. The van der Waals surface area contributed by atoms with Crippen LogP contribution in [0.1, 0.15) is 41.6 Å². The van der Waals surface area contributed by atoms with E-state index in [1.165, 1.54) is 18.2 Å². The van der Waals surface area contributed by atoms with Crippen LogP contribution in [0.2, 0.25) is 0 Å². The van der Waals surface area contributed by atoms with Crippen LogP contribution in [-0.4, -0.2) is 39.7 Å². The van der Waals surface area contributed by atoms with E-state index in [1.807, 2.05) is 18.2 Å². The van der Waals surface area contributed by atoms with Gasteiger partial charge in [0.1, 0.15) is 11.9 Å². The third-order valence-electron chi connectivity index (χ3n) is 6.38. The molecule has 39 heavy (non-hydrogen) atoms. The van der Waals surface area contributed by atoms with Crippen LogP contribution in [0.3, 0.4) is 0 Å². The van der Waals surface area contributed by atoms with Crippen LogP contribution in [0.5, 0.6) is 5.75 Å². The van der Waals surface area contributed by atoms with Crippen LogP contribution in [0, 0.1) is 16.0 Å². The zero-order chi connectivity index (χ0) is 27.8. The summed E-state index contributed by atoms with van der Waals surface area (Å²) < 4.78 is 42.1. The van der Waals surface area contributed by atoms with Crippen molar-refractivity contribution in [1.82, 2.24) is 15.3 Å². The van der Waals surface area contributed by atoms with E-state index in [1.54, 1.807) is 18.2 Å². The summed E-state index contributed by atoms with van der Waals surface area (Å²) in [5, 5.41) is 20.4. The molecule has 1 aliphatic rings. The second-order valence-corrected chi connectivity index (χ2v) is 9.13. The Kier molecular flexibility index (Phi) is 8.79. The van der Waals surface area contributed by atoms with Gasteiger partial charge in [0.05, 0.1) is 4.92 Å². The average Bonchev–Trinajstić information content (AvgIpc) is 2.91. The minimum Gasteiger partial charge on any atom is -0.405 e. The van der Waals surface area contributed by atoms with Crippen molar-refractivity contribution in [3.63, 3.8) is 0 Å². The van der Waals surface area contributed by atoms with E-state index in [0.29, 0.717) is 12.1 Å². The predicted octanol–water partition coefficient (Wildman–Crippen LogP) is 5.30. The highest BCUT2D eigenvalue weighted by molar-refractivity contribution is 5.94. The van der Waals surface area contributed by atoms with Gasteiger partial charge in [-0.05, 0) is 49.8 Å². The second-order valence-electron chi connectivity index (χ2n) is 9.13. The first-order chi connectivity index (χ1) is 18.7. The minimum atomic E-state index is -4.84. The summed E-state index contributed by atoms with van der Waals surface area (Å²) in [4.78, 5) is 31.4. The van der Waals surface area contributed by atoms with E-state index >= 15 is 0 Å². The Bertz CT molecular complexity index is 1280. The maximum Gasteiger partial charge on any atom is 0.573 e. The molecule has 0 radical (unpaired) electrons. The first-order valence-corrected chi connectivity index (χ1v) is 12.4. The number of carbonyl (C=O) groups is 1. The molecule has 1 heterocycles. The molecule has 0 spiro atoms. The summed E-state index contributed by atoms with van der Waals surface area (Å²) in [5.74, 6) is -0.240. The Morgan fingerprint density at radius 2 is 1.72 bits per heavy atom. The fraction of sp³-hybridized carbons (Fsp3) is 0.346. The van der Waals surface area contributed by atoms with Crippen molar-refractivity contribution in [3.8, 4) is 5.75 Å². The summed E-state index contributed by atoms with van der Waals surface area (Å²) in [6, 6.07) is 14.7. The summed E-state index contributed by atoms with van der Waals surface area (Å²) in [5.41, 5.74) is 0.505. The lowest BCUT2D eigenvalue weighted by atomic mass is 9.86. The van der Waals surface area contributed by atoms with Crippen molar-refractivity contribution in [2.45, 2.75) is 44.6 Å². The molecule has 3 aromatic rings. The number of carbonyl (C=O) groups excluding carboxylic acids is 1. The van der Waals surface area contributed by atoms with E-state index in [-0.39, 0.29) is 53.2 Å². The number of nitrogens with zero attached hydrogens (tertiary/aromatic N) is 3. The SMILES string of the molecule is O=C(N[C@H]1CC[C@H](CNc2nc(NCc3ccccc3OC(F)(F)F)ncc2[N+](=O)[O-])CC1)c1ccccc1. The highest BCUT2D eigenvalue weighted by atomic mass is 19.4. The maximum atomic E-state index is 12.7. The molecule has 4 rings (SSSR count). The molecule has 0 aliphatic heterocycles. The topological polar surface area (TPSA) is 131 Å². The van der Waals surface area contributed by atoms with E-state index in [2.05, 4.69) is 30.7 Å². The Morgan fingerprint density at radius 1 is 1.03 bits per heavy atom. The lowest BCUT2D eigenvalue weighted by molar-refractivity contribution is -0.384. The van der Waals surface area contributed by atoms with Gasteiger partial charge >= 0.3 is 12.0 Å². The molecular formula is C26H27F3N6O4. The van der Waals surface area contributed by atoms with E-state index < -0.39 is 11.3 Å². The molecular weight excluding hydrogens is 517 g/mol. The summed E-state index contributed by atoms with van der Waals surface area (Å²) >= 11 is 0. The number of nitrogens with one attached hydrogen (secondary N) is 3. The molecule has 1 aliphatic carbocycles. The number of aromatic nitrogens is 2. The molecule has 1 fully saturated rings. The number of para-hydroxylation sites is 1. The quantitative estimate of drug-likeness (QED) is 0.232. The van der Waals surface area contributed by atoms with Gasteiger partial charge in [-0.25, -0.2) is 4.98 Å². The largest absolute Gasteiger partial charge is 0.573 e. The van der Waals surface area contributed by atoms with Gasteiger partial charge in [-0.15, -0.1) is 13.2 Å². The van der Waals surface area contributed by atoms with Crippen molar-refractivity contribution in [2.75, 3.05) is 17.2 Å². The van der Waals surface area contributed by atoms with Gasteiger partial charge in [0, 0.05) is 30.3 Å². The molecule has 1 aromatic heterocycles. The Morgan fingerprint density at radius 3 is 2.41 bits per heavy atom. The first-order valence-electron chi connectivity index (χ1n) is 12.4. The zero-order valence-corrected chi connectivity index (χ0v) is 20.8. The maximum absolute atomic E-state index is 12.7. The number of benzene rings is 2. The van der Waals surface area contributed by atoms with Crippen LogP contribution in [0.15, 0.2) is 60.8 Å². The van der Waals surface area contributed by atoms with Gasteiger partial charge < -0.3 is 20.7 Å². The third kappa shape index (κ3) is 8.03. The van der Waals surface area contributed by atoms with Crippen LogP contribution < -0.4 is 20.7 Å². The molecule has 13 heteroatoms. The number of rotatable bonds is 10. The zero-order valence-electron chi connectivity index (χ0n) is 20.8. The van der Waals surface area contributed by atoms with Crippen molar-refractivity contribution >= 4 is 23.4 Å². The van der Waals surface area contributed by atoms with Gasteiger partial charge in [-0.3, -0.25) is 14.9 Å². The van der Waals surface area contributed by atoms with Crippen molar-refractivity contribution < 1.29 is 27.6 Å². The first kappa shape index (κ1) is 27.6. The Balaban J connectivity index is 1.32. The van der Waals surface area contributed by atoms with Crippen molar-refractivity contribution in [2.24, 2.45) is 5.92 Å². The smallest absolute Gasteiger partial charge is 0.405 e. The number of halogens is 3. The normalized spacial score (nSPS) is 17.2. The fourth-order valence-corrected chi connectivity index (χ4v) is 4.38. The van der Waals surface area contributed by atoms with Gasteiger partial charge in [0.15, 0.2) is 0 Å². The van der Waals surface area contributed by atoms with E-state index in [0.717, 1.165) is 31.9 Å². The van der Waals surface area contributed by atoms with Crippen molar-refractivity contribution in [3.05, 3.63) is 82.0 Å². The van der Waals surface area contributed by atoms with Gasteiger partial charge in [-0.2, -0.15) is 4.98 Å². The number of alkyl halides is 3. The standard InChI is InChI=1S/C26H27F3N6O4/c27-26(28,29)39-22-9-5-4-8-19(22)15-31-25-32-16-21(35(37)38)23(34-25)30-14-17-10-12-20(13-11-17)33-24(36)18-6-2-1-3-7-18/h1-9,16-17,20H,10-15H2,(H,33,36)(H2,30,31,32,34)/t17-,20-. The van der Waals surface area contributed by atoms with E-state index in [9.17, 15) is 28.1 Å². The van der Waals surface area contributed by atoms with Crippen LogP contribution in [0.4, 0.5) is 30.6 Å². The van der Waals surface area contributed by atoms with Crippen LogP contribution in [-0.2, 0) is 6.54 Å². The summed E-state index contributed by atoms with van der Waals surface area (Å²) in [7, 11) is 0. The lowest BCUT2D eigenvalue weighted by Gasteiger charge is -2.29. The molecule has 206 valence electrons. The lowest BCUT2D eigenvalue weighted by Crippen LogP contribution is -2.38. The van der Waals surface area contributed by atoms with Crippen LogP contribution in [0.25, 0.3) is 0 Å². The minimum absolute atomic E-state index is 0.0110. The van der Waals surface area contributed by atoms with Gasteiger partial charge in [0.2, 0.25) is 11.8 Å². The Labute approximate surface area is 222 Å². The molecule has 1 saturated carbocycles. The fourth-order valence-electron chi connectivity index (χ4n) is 4.38. The molecule has 3 N–H and O–H groups in total. The van der Waals surface area contributed by atoms with Gasteiger partial charge in [0.25, 0.3) is 5.91 Å². The molecule has 0 unspecified atom stereocenters. The number of hydrogen-bond donors (Lipinski definition) is 3. The number of hydrogen-bond acceptors (Lipinski definition) is 8. The monoisotopic (exact) mass is 544 g/mol. The number of ether oxygens (including phenoxy) is 1. The molecule has 2 aromatic carbocycles. The van der Waals surface area contributed by atoms with Crippen LogP contribution >= 0.6 is 0 Å². The Hall–Kier alpha value is -4.42. The molecule has 10 nitrogen and oxygen atoms in total. The number of amides is 1. The molecule has 0 saturated heterocycles. The average molecular weight is 545 g/mol.